The van der Waals surface area contributed by atoms with Gasteiger partial charge in [0.05, 0.1) is 0 Å². The molecule has 1 aromatic heterocycles. The predicted molar refractivity (Wildman–Crippen MR) is 78.8 cm³/mol. The monoisotopic (exact) mass is 267 g/mol. The van der Waals surface area contributed by atoms with E-state index in [2.05, 4.69) is 4.98 Å². The van der Waals surface area contributed by atoms with Crippen LogP contribution in [0.3, 0.4) is 0 Å². The highest BCUT2D eigenvalue weighted by Crippen LogP contribution is 2.27. The van der Waals surface area contributed by atoms with Crippen LogP contribution in [-0.2, 0) is 6.42 Å². The van der Waals surface area contributed by atoms with E-state index in [0.717, 1.165) is 23.4 Å². The van der Waals surface area contributed by atoms with Crippen LogP contribution >= 0.6 is 0 Å². The van der Waals surface area contributed by atoms with Gasteiger partial charge in [0.25, 0.3) is 5.91 Å². The van der Waals surface area contributed by atoms with Gasteiger partial charge < -0.3 is 10.6 Å². The summed E-state index contributed by atoms with van der Waals surface area (Å²) in [6.45, 7) is 2.41. The highest BCUT2D eigenvalue weighted by molar-refractivity contribution is 6.05. The van der Waals surface area contributed by atoms with Crippen LogP contribution < -0.4 is 10.6 Å². The lowest BCUT2D eigenvalue weighted by Gasteiger charge is -2.32. The van der Waals surface area contributed by atoms with Crippen molar-refractivity contribution in [3.63, 3.8) is 0 Å². The average Bonchev–Trinajstić information content (AvgIpc) is 2.45. The van der Waals surface area contributed by atoms with Crippen molar-refractivity contribution in [3.8, 4) is 0 Å². The van der Waals surface area contributed by atoms with Crippen molar-refractivity contribution in [1.82, 2.24) is 4.98 Å². The van der Waals surface area contributed by atoms with Crippen LogP contribution in [-0.4, -0.2) is 23.5 Å². The van der Waals surface area contributed by atoms with Gasteiger partial charge in [-0.2, -0.15) is 0 Å². The zero-order chi connectivity index (χ0) is 14.1. The number of nitrogens with two attached hydrogens (primary N) is 1. The van der Waals surface area contributed by atoms with Crippen LogP contribution in [0.25, 0.3) is 0 Å². The number of nitrogens with zero attached hydrogens (tertiary/aromatic N) is 2. The number of rotatable bonds is 1. The molecular weight excluding hydrogens is 250 g/mol. The number of pyridine rings is 1. The topological polar surface area (TPSA) is 59.2 Å². The Kier molecular flexibility index (Phi) is 3.24. The third kappa shape index (κ3) is 2.30. The second kappa shape index (κ2) is 5.06. The number of anilines is 1. The molecule has 0 bridgehead atoms. The highest BCUT2D eigenvalue weighted by atomic mass is 16.2. The molecule has 20 heavy (non-hydrogen) atoms. The van der Waals surface area contributed by atoms with Crippen LogP contribution in [0.2, 0.25) is 0 Å². The van der Waals surface area contributed by atoms with Crippen LogP contribution in [0.1, 0.15) is 21.7 Å². The maximum Gasteiger partial charge on any atom is 0.276 e. The van der Waals surface area contributed by atoms with Crippen molar-refractivity contribution in [1.29, 1.82) is 0 Å². The molecule has 1 aliphatic rings. The fourth-order valence-electron chi connectivity index (χ4n) is 2.62. The smallest absolute Gasteiger partial charge is 0.276 e. The first-order valence-electron chi connectivity index (χ1n) is 6.74. The van der Waals surface area contributed by atoms with E-state index in [0.29, 0.717) is 12.2 Å². The summed E-state index contributed by atoms with van der Waals surface area (Å²) >= 11 is 0. The lowest BCUT2D eigenvalue weighted by Crippen LogP contribution is -2.46. The summed E-state index contributed by atoms with van der Waals surface area (Å²) in [4.78, 5) is 18.7. The van der Waals surface area contributed by atoms with Gasteiger partial charge in [0, 0.05) is 24.0 Å². The van der Waals surface area contributed by atoms with Gasteiger partial charge in [0.15, 0.2) is 0 Å². The molecule has 2 N–H and O–H groups in total. The number of benzene rings is 1. The lowest BCUT2D eigenvalue weighted by atomic mass is 9.98. The molecular formula is C16H17N3O. The fraction of sp³-hybridized carbons (Fsp3) is 0.250. The summed E-state index contributed by atoms with van der Waals surface area (Å²) in [6, 6.07) is 13.4. The summed E-state index contributed by atoms with van der Waals surface area (Å²) in [7, 11) is 0. The van der Waals surface area contributed by atoms with Crippen molar-refractivity contribution in [2.24, 2.45) is 5.73 Å². The Morgan fingerprint density at radius 2 is 2.05 bits per heavy atom. The van der Waals surface area contributed by atoms with E-state index in [1.807, 2.05) is 43.3 Å². The number of amides is 1. The number of fused-ring (bicyclic) bond motifs is 1. The molecule has 0 saturated carbocycles. The van der Waals surface area contributed by atoms with E-state index < -0.39 is 0 Å². The first-order chi connectivity index (χ1) is 9.65. The largest absolute Gasteiger partial charge is 0.326 e. The first kappa shape index (κ1) is 12.8. The van der Waals surface area contributed by atoms with Crippen molar-refractivity contribution in [2.75, 3.05) is 11.4 Å². The van der Waals surface area contributed by atoms with Crippen molar-refractivity contribution < 1.29 is 4.79 Å². The molecule has 3 rings (SSSR count). The summed E-state index contributed by atoms with van der Waals surface area (Å²) in [5.74, 6) is -0.0868. The zero-order valence-corrected chi connectivity index (χ0v) is 11.4. The number of hydrogen-bond acceptors (Lipinski definition) is 3. The van der Waals surface area contributed by atoms with Crippen molar-refractivity contribution in [2.45, 2.75) is 19.4 Å². The summed E-state index contributed by atoms with van der Waals surface area (Å²) < 4.78 is 0. The third-order valence-corrected chi connectivity index (χ3v) is 3.53. The molecule has 1 atom stereocenters. The van der Waals surface area contributed by atoms with Crippen molar-refractivity contribution in [3.05, 3.63) is 59.4 Å². The SMILES string of the molecule is Cc1cccc(C(=O)N2CC(N)Cc3ccccc32)n1. The fourth-order valence-corrected chi connectivity index (χ4v) is 2.62. The first-order valence-corrected chi connectivity index (χ1v) is 6.74. The van der Waals surface area contributed by atoms with Crippen LogP contribution in [0.15, 0.2) is 42.5 Å². The molecule has 0 saturated heterocycles. The predicted octanol–water partition coefficient (Wildman–Crippen LogP) is 1.92. The average molecular weight is 267 g/mol. The summed E-state index contributed by atoms with van der Waals surface area (Å²) in [6.07, 6.45) is 0.807. The van der Waals surface area contributed by atoms with E-state index in [1.54, 1.807) is 11.0 Å². The standard InChI is InChI=1S/C16H17N3O/c1-11-5-4-7-14(18-11)16(20)19-10-13(17)9-12-6-2-3-8-15(12)19/h2-8,13H,9-10,17H2,1H3. The van der Waals surface area contributed by atoms with Gasteiger partial charge in [-0.3, -0.25) is 4.79 Å². The van der Waals surface area contributed by atoms with Gasteiger partial charge in [-0.25, -0.2) is 4.98 Å². The molecule has 2 heterocycles. The molecule has 1 aliphatic heterocycles. The van der Waals surface area contributed by atoms with E-state index in [-0.39, 0.29) is 11.9 Å². The Hall–Kier alpha value is -2.20. The summed E-state index contributed by atoms with van der Waals surface area (Å²) in [5, 5.41) is 0. The minimum absolute atomic E-state index is 0.0290. The normalized spacial score (nSPS) is 17.7. The van der Waals surface area contributed by atoms with Crippen LogP contribution in [0, 0.1) is 6.92 Å². The summed E-state index contributed by atoms with van der Waals surface area (Å²) in [5.41, 5.74) is 9.44. The number of aryl methyl sites for hydroxylation is 1. The number of carbonyl (C=O) groups excluding carboxylic acids is 1. The number of aromatic nitrogens is 1. The molecule has 0 aliphatic carbocycles. The van der Waals surface area contributed by atoms with Crippen LogP contribution in [0.5, 0.6) is 0 Å². The molecule has 4 heteroatoms. The Morgan fingerprint density at radius 3 is 2.85 bits per heavy atom. The quantitative estimate of drug-likeness (QED) is 0.858. The molecule has 4 nitrogen and oxygen atoms in total. The zero-order valence-electron chi connectivity index (χ0n) is 11.4. The third-order valence-electron chi connectivity index (χ3n) is 3.53. The minimum Gasteiger partial charge on any atom is -0.326 e. The Labute approximate surface area is 118 Å². The van der Waals surface area contributed by atoms with Gasteiger partial charge in [-0.05, 0) is 37.1 Å². The number of para-hydroxylation sites is 1. The van der Waals surface area contributed by atoms with E-state index >= 15 is 0 Å². The van der Waals surface area contributed by atoms with Gasteiger partial charge in [0.2, 0.25) is 0 Å². The maximum atomic E-state index is 12.7. The molecule has 0 fully saturated rings. The molecule has 2 aromatic rings. The van der Waals surface area contributed by atoms with E-state index in [1.165, 1.54) is 0 Å². The minimum atomic E-state index is -0.0868. The second-order valence-corrected chi connectivity index (χ2v) is 5.17. The van der Waals surface area contributed by atoms with Crippen LogP contribution in [0.4, 0.5) is 5.69 Å². The number of hydrogen-bond donors (Lipinski definition) is 1. The lowest BCUT2D eigenvalue weighted by molar-refractivity contribution is 0.0978. The Bertz CT molecular complexity index is 654. The van der Waals surface area contributed by atoms with Gasteiger partial charge >= 0.3 is 0 Å². The molecule has 0 radical (unpaired) electrons. The van der Waals surface area contributed by atoms with Crippen molar-refractivity contribution >= 4 is 11.6 Å². The second-order valence-electron chi connectivity index (χ2n) is 5.17. The molecule has 1 amide bonds. The molecule has 0 spiro atoms. The maximum absolute atomic E-state index is 12.7. The van der Waals surface area contributed by atoms with Gasteiger partial charge in [-0.1, -0.05) is 24.3 Å². The molecule has 102 valence electrons. The molecule has 1 aromatic carbocycles. The van der Waals surface area contributed by atoms with E-state index in [4.69, 9.17) is 5.73 Å². The molecule has 1 unspecified atom stereocenters. The van der Waals surface area contributed by atoms with Gasteiger partial charge in [0.1, 0.15) is 5.69 Å². The van der Waals surface area contributed by atoms with Gasteiger partial charge in [-0.15, -0.1) is 0 Å². The van der Waals surface area contributed by atoms with E-state index in [9.17, 15) is 4.79 Å². The highest BCUT2D eigenvalue weighted by Gasteiger charge is 2.27. The number of carbonyl (C=O) groups is 1. The Morgan fingerprint density at radius 1 is 1.25 bits per heavy atom. The Balaban J connectivity index is 2.00.